The summed E-state index contributed by atoms with van der Waals surface area (Å²) in [4.78, 5) is 16.5. The summed E-state index contributed by atoms with van der Waals surface area (Å²) in [6, 6.07) is 11.0. The quantitative estimate of drug-likeness (QED) is 0.820. The SMILES string of the molecule is Cc1ccc(OCc2cccc(C(=O)NC(C)C(C)CO)c2)cn1. The first kappa shape index (κ1) is 17.9. The molecule has 5 nitrogen and oxygen atoms in total. The van der Waals surface area contributed by atoms with Crippen molar-refractivity contribution in [2.75, 3.05) is 6.61 Å². The minimum Gasteiger partial charge on any atom is -0.487 e. The van der Waals surface area contributed by atoms with Crippen molar-refractivity contribution < 1.29 is 14.6 Å². The van der Waals surface area contributed by atoms with Gasteiger partial charge in [-0.1, -0.05) is 19.1 Å². The minimum absolute atomic E-state index is 0.00880. The highest BCUT2D eigenvalue weighted by Gasteiger charge is 2.15. The number of nitrogens with zero attached hydrogens (tertiary/aromatic N) is 1. The first-order chi connectivity index (χ1) is 11.5. The zero-order chi connectivity index (χ0) is 17.5. The molecule has 0 aliphatic rings. The van der Waals surface area contributed by atoms with Crippen molar-refractivity contribution in [2.24, 2.45) is 5.92 Å². The summed E-state index contributed by atoms with van der Waals surface area (Å²) >= 11 is 0. The summed E-state index contributed by atoms with van der Waals surface area (Å²) in [6.45, 7) is 6.11. The zero-order valence-corrected chi connectivity index (χ0v) is 14.3. The Morgan fingerprint density at radius 2 is 2.08 bits per heavy atom. The highest BCUT2D eigenvalue weighted by atomic mass is 16.5. The Kier molecular flexibility index (Phi) is 6.32. The number of hydrogen-bond donors (Lipinski definition) is 2. The molecule has 1 aromatic heterocycles. The van der Waals surface area contributed by atoms with Crippen LogP contribution in [-0.2, 0) is 6.61 Å². The van der Waals surface area contributed by atoms with Crippen molar-refractivity contribution in [2.45, 2.75) is 33.4 Å². The molecule has 2 aromatic rings. The molecule has 5 heteroatoms. The maximum atomic E-state index is 12.3. The molecule has 0 bridgehead atoms. The Labute approximate surface area is 142 Å². The predicted octanol–water partition coefficient (Wildman–Crippen LogP) is 2.72. The van der Waals surface area contributed by atoms with E-state index in [1.165, 1.54) is 0 Å². The first-order valence-electron chi connectivity index (χ1n) is 8.05. The lowest BCUT2D eigenvalue weighted by Crippen LogP contribution is -2.38. The second-order valence-electron chi connectivity index (χ2n) is 6.05. The fourth-order valence-corrected chi connectivity index (χ4v) is 2.10. The lowest BCUT2D eigenvalue weighted by molar-refractivity contribution is 0.0916. The van der Waals surface area contributed by atoms with Gasteiger partial charge in [-0.15, -0.1) is 0 Å². The van der Waals surface area contributed by atoms with Gasteiger partial charge in [-0.2, -0.15) is 0 Å². The fraction of sp³-hybridized carbons (Fsp3) is 0.368. The lowest BCUT2D eigenvalue weighted by Gasteiger charge is -2.19. The van der Waals surface area contributed by atoms with E-state index in [0.29, 0.717) is 17.9 Å². The van der Waals surface area contributed by atoms with Crippen LogP contribution in [0.4, 0.5) is 0 Å². The Bertz CT molecular complexity index is 671. The van der Waals surface area contributed by atoms with Gasteiger partial charge in [0, 0.05) is 23.9 Å². The molecule has 1 heterocycles. The van der Waals surface area contributed by atoms with Crippen molar-refractivity contribution in [3.8, 4) is 5.75 Å². The number of nitrogens with one attached hydrogen (secondary N) is 1. The van der Waals surface area contributed by atoms with Crippen molar-refractivity contribution in [1.82, 2.24) is 10.3 Å². The van der Waals surface area contributed by atoms with Crippen LogP contribution in [0.25, 0.3) is 0 Å². The van der Waals surface area contributed by atoms with Crippen LogP contribution < -0.4 is 10.1 Å². The van der Waals surface area contributed by atoms with E-state index in [2.05, 4.69) is 10.3 Å². The maximum Gasteiger partial charge on any atom is 0.251 e. The van der Waals surface area contributed by atoms with Crippen LogP contribution in [0.3, 0.4) is 0 Å². The van der Waals surface area contributed by atoms with E-state index >= 15 is 0 Å². The molecule has 0 radical (unpaired) electrons. The molecule has 24 heavy (non-hydrogen) atoms. The molecule has 0 fully saturated rings. The topological polar surface area (TPSA) is 71.5 Å². The number of aromatic nitrogens is 1. The first-order valence-corrected chi connectivity index (χ1v) is 8.05. The highest BCUT2D eigenvalue weighted by Crippen LogP contribution is 2.13. The maximum absolute atomic E-state index is 12.3. The lowest BCUT2D eigenvalue weighted by atomic mass is 10.0. The van der Waals surface area contributed by atoms with Crippen LogP contribution in [0, 0.1) is 12.8 Å². The molecule has 2 N–H and O–H groups in total. The largest absolute Gasteiger partial charge is 0.487 e. The molecule has 0 aliphatic heterocycles. The summed E-state index contributed by atoms with van der Waals surface area (Å²) in [6.07, 6.45) is 1.68. The highest BCUT2D eigenvalue weighted by molar-refractivity contribution is 5.94. The molecule has 1 amide bonds. The van der Waals surface area contributed by atoms with Gasteiger partial charge in [-0.3, -0.25) is 9.78 Å². The average Bonchev–Trinajstić information content (AvgIpc) is 2.60. The predicted molar refractivity (Wildman–Crippen MR) is 92.9 cm³/mol. The number of carbonyl (C=O) groups excluding carboxylic acids is 1. The molecule has 0 spiro atoms. The van der Waals surface area contributed by atoms with Crippen LogP contribution in [0.15, 0.2) is 42.6 Å². The Hall–Kier alpha value is -2.40. The molecule has 2 atom stereocenters. The normalized spacial score (nSPS) is 13.2. The van der Waals surface area contributed by atoms with E-state index in [0.717, 1.165) is 11.3 Å². The number of hydrogen-bond acceptors (Lipinski definition) is 4. The van der Waals surface area contributed by atoms with Gasteiger partial charge in [0.05, 0.1) is 6.20 Å². The van der Waals surface area contributed by atoms with Crippen molar-refractivity contribution in [1.29, 1.82) is 0 Å². The standard InChI is InChI=1S/C19H24N2O3/c1-13(11-22)15(3)21-19(23)17-6-4-5-16(9-17)12-24-18-8-7-14(2)20-10-18/h4-10,13,15,22H,11-12H2,1-3H3,(H,21,23). The molecule has 0 saturated carbocycles. The van der Waals surface area contributed by atoms with E-state index in [1.54, 1.807) is 12.3 Å². The van der Waals surface area contributed by atoms with Gasteiger partial charge in [0.25, 0.3) is 5.91 Å². The second-order valence-corrected chi connectivity index (χ2v) is 6.05. The number of aryl methyl sites for hydroxylation is 1. The van der Waals surface area contributed by atoms with Gasteiger partial charge in [0.1, 0.15) is 12.4 Å². The second kappa shape index (κ2) is 8.45. The number of amides is 1. The van der Waals surface area contributed by atoms with E-state index in [-0.39, 0.29) is 24.5 Å². The Morgan fingerprint density at radius 1 is 1.29 bits per heavy atom. The number of carbonyl (C=O) groups is 1. The van der Waals surface area contributed by atoms with E-state index in [4.69, 9.17) is 9.84 Å². The third kappa shape index (κ3) is 5.06. The van der Waals surface area contributed by atoms with Crippen molar-refractivity contribution >= 4 is 5.91 Å². The van der Waals surface area contributed by atoms with E-state index in [9.17, 15) is 4.79 Å². The minimum atomic E-state index is -0.151. The number of pyridine rings is 1. The number of ether oxygens (including phenoxy) is 1. The average molecular weight is 328 g/mol. The summed E-state index contributed by atoms with van der Waals surface area (Å²) in [7, 11) is 0. The van der Waals surface area contributed by atoms with Crippen LogP contribution in [0.5, 0.6) is 5.75 Å². The molecule has 2 rings (SSSR count). The summed E-state index contributed by atoms with van der Waals surface area (Å²) in [5, 5.41) is 12.1. The number of benzene rings is 1. The summed E-state index contributed by atoms with van der Waals surface area (Å²) in [5.41, 5.74) is 2.42. The van der Waals surface area contributed by atoms with Crippen molar-refractivity contribution in [3.63, 3.8) is 0 Å². The molecular weight excluding hydrogens is 304 g/mol. The van der Waals surface area contributed by atoms with Crippen molar-refractivity contribution in [3.05, 3.63) is 59.4 Å². The van der Waals surface area contributed by atoms with Crippen LogP contribution in [-0.4, -0.2) is 28.6 Å². The summed E-state index contributed by atoms with van der Waals surface area (Å²) < 4.78 is 5.69. The zero-order valence-electron chi connectivity index (χ0n) is 14.3. The molecule has 0 saturated heterocycles. The van der Waals surface area contributed by atoms with Gasteiger partial charge in [0.15, 0.2) is 0 Å². The summed E-state index contributed by atoms with van der Waals surface area (Å²) in [5.74, 6) is 0.553. The van der Waals surface area contributed by atoms with Gasteiger partial charge in [-0.05, 0) is 49.6 Å². The smallest absolute Gasteiger partial charge is 0.251 e. The third-order valence-corrected chi connectivity index (χ3v) is 3.98. The van der Waals surface area contributed by atoms with Gasteiger partial charge in [0.2, 0.25) is 0 Å². The van der Waals surface area contributed by atoms with Gasteiger partial charge in [-0.25, -0.2) is 0 Å². The van der Waals surface area contributed by atoms with E-state index in [1.807, 2.05) is 51.1 Å². The Balaban J connectivity index is 1.97. The van der Waals surface area contributed by atoms with Crippen LogP contribution >= 0.6 is 0 Å². The number of aliphatic hydroxyl groups excluding tert-OH is 1. The number of aliphatic hydroxyl groups is 1. The molecule has 0 aliphatic carbocycles. The van der Waals surface area contributed by atoms with Crippen LogP contribution in [0.1, 0.15) is 35.5 Å². The van der Waals surface area contributed by atoms with Crippen LogP contribution in [0.2, 0.25) is 0 Å². The Morgan fingerprint density at radius 3 is 2.75 bits per heavy atom. The van der Waals surface area contributed by atoms with Gasteiger partial charge >= 0.3 is 0 Å². The molecule has 2 unspecified atom stereocenters. The molecule has 128 valence electrons. The third-order valence-electron chi connectivity index (χ3n) is 3.98. The molecular formula is C19H24N2O3. The number of rotatable bonds is 7. The monoisotopic (exact) mass is 328 g/mol. The fourth-order valence-electron chi connectivity index (χ4n) is 2.10. The van der Waals surface area contributed by atoms with Gasteiger partial charge < -0.3 is 15.2 Å². The molecule has 1 aromatic carbocycles. The van der Waals surface area contributed by atoms with E-state index < -0.39 is 0 Å².